The molecule has 6 nitrogen and oxygen atoms in total. The van der Waals surface area contributed by atoms with Crippen LogP contribution in [0.3, 0.4) is 0 Å². The zero-order chi connectivity index (χ0) is 19.3. The second-order valence-corrected chi connectivity index (χ2v) is 8.12. The largest absolute Gasteiger partial charge is 0.491 e. The molecule has 0 bridgehead atoms. The number of ether oxygens (including phenoxy) is 2. The molecule has 2 aromatic carbocycles. The number of rotatable bonds is 7. The highest BCUT2D eigenvalue weighted by atomic mass is 32.2. The second kappa shape index (κ2) is 8.69. The van der Waals surface area contributed by atoms with Crippen molar-refractivity contribution in [3.05, 3.63) is 54.3 Å². The summed E-state index contributed by atoms with van der Waals surface area (Å²) in [7, 11) is -1.96. The van der Waals surface area contributed by atoms with E-state index in [1.165, 1.54) is 16.4 Å². The van der Waals surface area contributed by atoms with Gasteiger partial charge in [-0.15, -0.1) is 0 Å². The first-order valence-corrected chi connectivity index (χ1v) is 10.2. The Bertz CT molecular complexity index is 833. The number of methoxy groups -OCH3 is 1. The minimum absolute atomic E-state index is 0.247. The number of anilines is 1. The van der Waals surface area contributed by atoms with Gasteiger partial charge in [0.05, 0.1) is 11.5 Å². The van der Waals surface area contributed by atoms with E-state index in [0.29, 0.717) is 45.1 Å². The van der Waals surface area contributed by atoms with Crippen molar-refractivity contribution in [1.82, 2.24) is 4.31 Å². The first-order valence-electron chi connectivity index (χ1n) is 8.73. The van der Waals surface area contributed by atoms with Crippen molar-refractivity contribution in [2.75, 3.05) is 51.4 Å². The third-order valence-corrected chi connectivity index (χ3v) is 6.36. The van der Waals surface area contributed by atoms with E-state index in [0.717, 1.165) is 5.69 Å². The fourth-order valence-electron chi connectivity index (χ4n) is 2.94. The molecular weight excluding hydrogens is 371 g/mol. The van der Waals surface area contributed by atoms with Gasteiger partial charge in [0, 0.05) is 39.0 Å². The number of nitrogens with zero attached hydrogens (tertiary/aromatic N) is 2. The maximum atomic E-state index is 13.1. The molecule has 3 rings (SSSR count). The van der Waals surface area contributed by atoms with E-state index in [4.69, 9.17) is 9.47 Å². The molecule has 1 heterocycles. The number of halogens is 1. The van der Waals surface area contributed by atoms with Gasteiger partial charge in [-0.05, 0) is 48.5 Å². The highest BCUT2D eigenvalue weighted by molar-refractivity contribution is 7.89. The summed E-state index contributed by atoms with van der Waals surface area (Å²) in [5.41, 5.74) is 0.894. The highest BCUT2D eigenvalue weighted by Crippen LogP contribution is 2.23. The number of piperazine rings is 1. The molecular formula is C19H23FN2O4S. The number of sulfonamides is 1. The Morgan fingerprint density at radius 1 is 0.926 bits per heavy atom. The summed E-state index contributed by atoms with van der Waals surface area (Å²) in [6.07, 6.45) is 0. The molecule has 146 valence electrons. The van der Waals surface area contributed by atoms with Crippen LogP contribution in [-0.2, 0) is 14.8 Å². The van der Waals surface area contributed by atoms with Crippen LogP contribution in [0.4, 0.5) is 10.1 Å². The van der Waals surface area contributed by atoms with Crippen molar-refractivity contribution in [1.29, 1.82) is 0 Å². The van der Waals surface area contributed by atoms with Crippen LogP contribution >= 0.6 is 0 Å². The monoisotopic (exact) mass is 394 g/mol. The first-order chi connectivity index (χ1) is 13.0. The summed E-state index contributed by atoms with van der Waals surface area (Å²) in [5, 5.41) is 0. The van der Waals surface area contributed by atoms with Gasteiger partial charge >= 0.3 is 0 Å². The van der Waals surface area contributed by atoms with Crippen LogP contribution in [0.2, 0.25) is 0 Å². The summed E-state index contributed by atoms with van der Waals surface area (Å²) in [6.45, 7) is 2.76. The molecule has 0 unspecified atom stereocenters. The van der Waals surface area contributed by atoms with Gasteiger partial charge in [-0.3, -0.25) is 0 Å². The van der Waals surface area contributed by atoms with E-state index in [2.05, 4.69) is 4.90 Å². The van der Waals surface area contributed by atoms with Gasteiger partial charge in [-0.25, -0.2) is 12.8 Å². The number of hydrogen-bond acceptors (Lipinski definition) is 5. The predicted octanol–water partition coefficient (Wildman–Crippen LogP) is 2.36. The predicted molar refractivity (Wildman–Crippen MR) is 101 cm³/mol. The Hall–Kier alpha value is -2.16. The molecule has 1 aliphatic rings. The van der Waals surface area contributed by atoms with Crippen LogP contribution in [-0.4, -0.2) is 59.2 Å². The normalized spacial score (nSPS) is 15.7. The summed E-state index contributed by atoms with van der Waals surface area (Å²) >= 11 is 0. The molecule has 0 aliphatic carbocycles. The van der Waals surface area contributed by atoms with Gasteiger partial charge in [0.1, 0.15) is 18.2 Å². The van der Waals surface area contributed by atoms with Gasteiger partial charge < -0.3 is 14.4 Å². The minimum atomic E-state index is -3.55. The maximum Gasteiger partial charge on any atom is 0.243 e. The van der Waals surface area contributed by atoms with Crippen LogP contribution in [0.5, 0.6) is 5.75 Å². The third-order valence-electron chi connectivity index (χ3n) is 4.45. The third kappa shape index (κ3) is 4.77. The minimum Gasteiger partial charge on any atom is -0.491 e. The van der Waals surface area contributed by atoms with E-state index in [1.807, 2.05) is 0 Å². The van der Waals surface area contributed by atoms with Crippen LogP contribution < -0.4 is 9.64 Å². The van der Waals surface area contributed by atoms with Gasteiger partial charge in [0.15, 0.2) is 0 Å². The van der Waals surface area contributed by atoms with Gasteiger partial charge in [0.2, 0.25) is 10.0 Å². The average molecular weight is 394 g/mol. The molecule has 27 heavy (non-hydrogen) atoms. The summed E-state index contributed by atoms with van der Waals surface area (Å²) < 4.78 is 50.6. The zero-order valence-electron chi connectivity index (χ0n) is 15.2. The van der Waals surface area contributed by atoms with Crippen molar-refractivity contribution in [2.45, 2.75) is 4.90 Å². The maximum absolute atomic E-state index is 13.1. The smallest absolute Gasteiger partial charge is 0.243 e. The summed E-state index contributed by atoms with van der Waals surface area (Å²) in [4.78, 5) is 2.30. The molecule has 0 amide bonds. The van der Waals surface area contributed by atoms with E-state index >= 15 is 0 Å². The second-order valence-electron chi connectivity index (χ2n) is 6.18. The molecule has 2 aromatic rings. The SMILES string of the molecule is COCCOc1ccc(S(=O)(=O)N2CCN(c3ccc(F)cc3)CC2)cc1. The molecule has 1 aliphatic heterocycles. The lowest BCUT2D eigenvalue weighted by molar-refractivity contribution is 0.146. The highest BCUT2D eigenvalue weighted by Gasteiger charge is 2.28. The molecule has 0 atom stereocenters. The van der Waals surface area contributed by atoms with Crippen molar-refractivity contribution in [3.8, 4) is 5.75 Å². The number of benzene rings is 2. The summed E-state index contributed by atoms with van der Waals surface area (Å²) in [5.74, 6) is 0.321. The number of hydrogen-bond donors (Lipinski definition) is 0. The molecule has 0 aromatic heterocycles. The van der Waals surface area contributed by atoms with Crippen molar-refractivity contribution in [2.24, 2.45) is 0 Å². The Morgan fingerprint density at radius 3 is 2.15 bits per heavy atom. The van der Waals surface area contributed by atoms with E-state index in [9.17, 15) is 12.8 Å². The molecule has 0 N–H and O–H groups in total. The van der Waals surface area contributed by atoms with E-state index < -0.39 is 10.0 Å². The molecule has 0 radical (unpaired) electrons. The zero-order valence-corrected chi connectivity index (χ0v) is 16.0. The fraction of sp³-hybridized carbons (Fsp3) is 0.368. The lowest BCUT2D eigenvalue weighted by Crippen LogP contribution is -2.48. The van der Waals surface area contributed by atoms with Crippen LogP contribution in [0.25, 0.3) is 0 Å². The van der Waals surface area contributed by atoms with Crippen molar-refractivity contribution in [3.63, 3.8) is 0 Å². The molecule has 0 saturated carbocycles. The topological polar surface area (TPSA) is 59.1 Å². The first kappa shape index (κ1) is 19.6. The van der Waals surface area contributed by atoms with Crippen LogP contribution in [0, 0.1) is 5.82 Å². The Morgan fingerprint density at radius 2 is 1.56 bits per heavy atom. The lowest BCUT2D eigenvalue weighted by atomic mass is 10.2. The van der Waals surface area contributed by atoms with Crippen LogP contribution in [0.1, 0.15) is 0 Å². The molecule has 1 saturated heterocycles. The van der Waals surface area contributed by atoms with Gasteiger partial charge in [0.25, 0.3) is 0 Å². The Balaban J connectivity index is 1.61. The van der Waals surface area contributed by atoms with E-state index in [-0.39, 0.29) is 10.7 Å². The molecule has 0 spiro atoms. The Labute approximate surface area is 159 Å². The standard InChI is InChI=1S/C19H23FN2O4S/c1-25-14-15-26-18-6-8-19(9-7-18)27(23,24)22-12-10-21(11-13-22)17-4-2-16(20)3-5-17/h2-9H,10-15H2,1H3. The van der Waals surface area contributed by atoms with Gasteiger partial charge in [-0.2, -0.15) is 4.31 Å². The van der Waals surface area contributed by atoms with Crippen molar-refractivity contribution >= 4 is 15.7 Å². The van der Waals surface area contributed by atoms with Crippen LogP contribution in [0.15, 0.2) is 53.4 Å². The quantitative estimate of drug-likeness (QED) is 0.675. The lowest BCUT2D eigenvalue weighted by Gasteiger charge is -2.35. The molecule has 8 heteroatoms. The average Bonchev–Trinajstić information content (AvgIpc) is 2.69. The fourth-order valence-corrected chi connectivity index (χ4v) is 4.36. The molecule has 1 fully saturated rings. The Kier molecular flexibility index (Phi) is 6.30. The summed E-state index contributed by atoms with van der Waals surface area (Å²) in [6, 6.07) is 12.7. The van der Waals surface area contributed by atoms with Crippen molar-refractivity contribution < 1.29 is 22.3 Å². The van der Waals surface area contributed by atoms with Gasteiger partial charge in [-0.1, -0.05) is 0 Å². The van der Waals surface area contributed by atoms with E-state index in [1.54, 1.807) is 43.5 Å².